The predicted molar refractivity (Wildman–Crippen MR) is 73.0 cm³/mol. The summed E-state index contributed by atoms with van der Waals surface area (Å²) in [7, 11) is 1.70. The maximum Gasteiger partial charge on any atom is 0.118 e. The molecule has 17 heavy (non-hydrogen) atoms. The molecular weight excluding hydrogens is 236 g/mol. The fourth-order valence-electron chi connectivity index (χ4n) is 2.03. The van der Waals surface area contributed by atoms with Crippen LogP contribution in [0.2, 0.25) is 0 Å². The number of nitrogens with one attached hydrogen (secondary N) is 2. The van der Waals surface area contributed by atoms with Crippen molar-refractivity contribution < 1.29 is 4.74 Å². The molecule has 0 atom stereocenters. The molecule has 0 aromatic heterocycles. The van der Waals surface area contributed by atoms with Crippen molar-refractivity contribution in [3.8, 4) is 5.75 Å². The van der Waals surface area contributed by atoms with Gasteiger partial charge in [-0.15, -0.1) is 12.4 Å². The molecule has 0 bridgehead atoms. The van der Waals surface area contributed by atoms with E-state index in [-0.39, 0.29) is 12.4 Å². The molecule has 0 unspecified atom stereocenters. The first-order chi connectivity index (χ1) is 7.88. The molecule has 1 aliphatic rings. The first kappa shape index (κ1) is 14.3. The molecule has 1 aliphatic heterocycles. The van der Waals surface area contributed by atoms with Gasteiger partial charge in [-0.2, -0.15) is 0 Å². The van der Waals surface area contributed by atoms with E-state index in [0.29, 0.717) is 6.04 Å². The van der Waals surface area contributed by atoms with Crippen LogP contribution in [0.25, 0.3) is 0 Å². The van der Waals surface area contributed by atoms with E-state index in [1.165, 1.54) is 18.4 Å². The van der Waals surface area contributed by atoms with Crippen molar-refractivity contribution in [2.45, 2.75) is 25.4 Å². The van der Waals surface area contributed by atoms with E-state index in [0.717, 1.165) is 25.4 Å². The molecule has 1 heterocycles. The molecule has 3 nitrogen and oxygen atoms in total. The first-order valence-electron chi connectivity index (χ1n) is 5.95. The van der Waals surface area contributed by atoms with Gasteiger partial charge in [0.1, 0.15) is 5.75 Å². The Bertz CT molecular complexity index is 310. The van der Waals surface area contributed by atoms with E-state index >= 15 is 0 Å². The lowest BCUT2D eigenvalue weighted by Gasteiger charge is -2.23. The molecule has 96 valence electrons. The SMILES string of the molecule is COc1ccc(CNC2CCNCC2)cc1.Cl. The van der Waals surface area contributed by atoms with Crippen molar-refractivity contribution in [1.82, 2.24) is 10.6 Å². The number of methoxy groups -OCH3 is 1. The summed E-state index contributed by atoms with van der Waals surface area (Å²) in [6.07, 6.45) is 2.46. The highest BCUT2D eigenvalue weighted by Gasteiger charge is 2.11. The van der Waals surface area contributed by atoms with Crippen LogP contribution in [-0.2, 0) is 6.54 Å². The Kier molecular flexibility index (Phi) is 6.34. The Morgan fingerprint density at radius 2 is 1.88 bits per heavy atom. The highest BCUT2D eigenvalue weighted by molar-refractivity contribution is 5.85. The summed E-state index contributed by atoms with van der Waals surface area (Å²) in [5, 5.41) is 6.97. The fraction of sp³-hybridized carbons (Fsp3) is 0.538. The third-order valence-corrected chi connectivity index (χ3v) is 3.09. The highest BCUT2D eigenvalue weighted by atomic mass is 35.5. The lowest BCUT2D eigenvalue weighted by Crippen LogP contribution is -2.39. The Morgan fingerprint density at radius 3 is 2.47 bits per heavy atom. The van der Waals surface area contributed by atoms with Gasteiger partial charge < -0.3 is 15.4 Å². The molecule has 1 aromatic carbocycles. The average Bonchev–Trinajstić information content (AvgIpc) is 2.38. The normalized spacial score (nSPS) is 16.3. The van der Waals surface area contributed by atoms with E-state index in [4.69, 9.17) is 4.74 Å². The number of hydrogen-bond donors (Lipinski definition) is 2. The summed E-state index contributed by atoms with van der Waals surface area (Å²) >= 11 is 0. The minimum Gasteiger partial charge on any atom is -0.497 e. The van der Waals surface area contributed by atoms with Crippen LogP contribution < -0.4 is 15.4 Å². The van der Waals surface area contributed by atoms with Crippen molar-refractivity contribution in [1.29, 1.82) is 0 Å². The molecule has 0 saturated carbocycles. The molecule has 4 heteroatoms. The third kappa shape index (κ3) is 4.54. The zero-order valence-electron chi connectivity index (χ0n) is 10.2. The average molecular weight is 257 g/mol. The van der Waals surface area contributed by atoms with Crippen molar-refractivity contribution in [3.63, 3.8) is 0 Å². The lowest BCUT2D eigenvalue weighted by molar-refractivity contribution is 0.386. The smallest absolute Gasteiger partial charge is 0.118 e. The van der Waals surface area contributed by atoms with Crippen LogP contribution in [0, 0.1) is 0 Å². The molecule has 2 N–H and O–H groups in total. The topological polar surface area (TPSA) is 33.3 Å². The van der Waals surface area contributed by atoms with Gasteiger partial charge in [-0.3, -0.25) is 0 Å². The monoisotopic (exact) mass is 256 g/mol. The number of ether oxygens (including phenoxy) is 1. The van der Waals surface area contributed by atoms with Crippen molar-refractivity contribution >= 4 is 12.4 Å². The van der Waals surface area contributed by atoms with E-state index in [1.54, 1.807) is 7.11 Å². The van der Waals surface area contributed by atoms with Gasteiger partial charge in [0.15, 0.2) is 0 Å². The van der Waals surface area contributed by atoms with Gasteiger partial charge in [0.05, 0.1) is 7.11 Å². The maximum absolute atomic E-state index is 5.13. The highest BCUT2D eigenvalue weighted by Crippen LogP contribution is 2.11. The summed E-state index contributed by atoms with van der Waals surface area (Å²) in [6.45, 7) is 3.23. The van der Waals surface area contributed by atoms with E-state index in [9.17, 15) is 0 Å². The molecule has 2 rings (SSSR count). The Labute approximate surface area is 109 Å². The minimum absolute atomic E-state index is 0. The molecular formula is C13H21ClN2O. The predicted octanol–water partition coefficient (Wildman–Crippen LogP) is 1.96. The molecule has 0 aliphatic carbocycles. The zero-order valence-corrected chi connectivity index (χ0v) is 11.1. The van der Waals surface area contributed by atoms with Crippen molar-refractivity contribution in [3.05, 3.63) is 29.8 Å². The van der Waals surface area contributed by atoms with Crippen LogP contribution in [0.3, 0.4) is 0 Å². The van der Waals surface area contributed by atoms with Crippen molar-refractivity contribution in [2.75, 3.05) is 20.2 Å². The second-order valence-electron chi connectivity index (χ2n) is 4.25. The molecule has 1 fully saturated rings. The standard InChI is InChI=1S/C13H20N2O.ClH/c1-16-13-4-2-11(3-5-13)10-15-12-6-8-14-9-7-12;/h2-5,12,14-15H,6-10H2,1H3;1H. The Morgan fingerprint density at radius 1 is 1.24 bits per heavy atom. The summed E-state index contributed by atoms with van der Waals surface area (Å²) in [6, 6.07) is 8.93. The zero-order chi connectivity index (χ0) is 11.2. The van der Waals surface area contributed by atoms with Crippen LogP contribution in [0.4, 0.5) is 0 Å². The largest absolute Gasteiger partial charge is 0.497 e. The van der Waals surface area contributed by atoms with E-state index in [2.05, 4.69) is 22.8 Å². The molecule has 1 saturated heterocycles. The molecule has 0 radical (unpaired) electrons. The van der Waals surface area contributed by atoms with Crippen LogP contribution >= 0.6 is 12.4 Å². The van der Waals surface area contributed by atoms with Crippen LogP contribution in [0.15, 0.2) is 24.3 Å². The Hall–Kier alpha value is -0.770. The van der Waals surface area contributed by atoms with Crippen molar-refractivity contribution in [2.24, 2.45) is 0 Å². The maximum atomic E-state index is 5.13. The molecule has 0 spiro atoms. The number of rotatable bonds is 4. The minimum atomic E-state index is 0. The summed E-state index contributed by atoms with van der Waals surface area (Å²) in [4.78, 5) is 0. The second kappa shape index (κ2) is 7.54. The molecule has 1 aromatic rings. The first-order valence-corrected chi connectivity index (χ1v) is 5.95. The second-order valence-corrected chi connectivity index (χ2v) is 4.25. The summed E-state index contributed by atoms with van der Waals surface area (Å²) in [5.74, 6) is 0.922. The third-order valence-electron chi connectivity index (χ3n) is 3.09. The van der Waals surface area contributed by atoms with E-state index in [1.807, 2.05) is 12.1 Å². The number of hydrogen-bond acceptors (Lipinski definition) is 3. The van der Waals surface area contributed by atoms with Gasteiger partial charge in [-0.05, 0) is 43.6 Å². The van der Waals surface area contributed by atoms with Crippen LogP contribution in [-0.4, -0.2) is 26.2 Å². The lowest BCUT2D eigenvalue weighted by atomic mass is 10.1. The number of piperidine rings is 1. The fourth-order valence-corrected chi connectivity index (χ4v) is 2.03. The number of benzene rings is 1. The summed E-state index contributed by atoms with van der Waals surface area (Å²) in [5.41, 5.74) is 1.32. The van der Waals surface area contributed by atoms with Gasteiger partial charge in [0.2, 0.25) is 0 Å². The number of halogens is 1. The van der Waals surface area contributed by atoms with E-state index < -0.39 is 0 Å². The van der Waals surface area contributed by atoms with Gasteiger partial charge in [-0.1, -0.05) is 12.1 Å². The van der Waals surface area contributed by atoms with Gasteiger partial charge in [0, 0.05) is 12.6 Å². The Balaban J connectivity index is 0.00000144. The van der Waals surface area contributed by atoms with Crippen LogP contribution in [0.5, 0.6) is 5.75 Å². The van der Waals surface area contributed by atoms with Gasteiger partial charge >= 0.3 is 0 Å². The summed E-state index contributed by atoms with van der Waals surface area (Å²) < 4.78 is 5.13. The van der Waals surface area contributed by atoms with Crippen LogP contribution in [0.1, 0.15) is 18.4 Å². The molecule has 0 amide bonds. The van der Waals surface area contributed by atoms with Gasteiger partial charge in [-0.25, -0.2) is 0 Å². The quantitative estimate of drug-likeness (QED) is 0.864. The van der Waals surface area contributed by atoms with Gasteiger partial charge in [0.25, 0.3) is 0 Å².